The number of piperazine rings is 1. The van der Waals surface area contributed by atoms with Crippen molar-refractivity contribution in [1.82, 2.24) is 9.80 Å². The molecule has 3 nitrogen and oxygen atoms in total. The first kappa shape index (κ1) is 15.0. The van der Waals surface area contributed by atoms with E-state index in [1.165, 1.54) is 24.0 Å². The third-order valence-electron chi connectivity index (χ3n) is 5.09. The van der Waals surface area contributed by atoms with E-state index in [2.05, 4.69) is 47.9 Å². The van der Waals surface area contributed by atoms with Crippen molar-refractivity contribution in [3.63, 3.8) is 0 Å². The third kappa shape index (κ3) is 3.47. The van der Waals surface area contributed by atoms with Crippen molar-refractivity contribution < 1.29 is 0 Å². The molecule has 2 aliphatic rings. The monoisotopic (exact) mass is 287 g/mol. The van der Waals surface area contributed by atoms with Crippen LogP contribution in [0, 0.1) is 0 Å². The van der Waals surface area contributed by atoms with Crippen LogP contribution < -0.4 is 5.73 Å². The Morgan fingerprint density at radius 2 is 1.76 bits per heavy atom. The molecule has 2 N–H and O–H groups in total. The summed E-state index contributed by atoms with van der Waals surface area (Å²) in [6.07, 6.45) is 2.73. The average molecular weight is 287 g/mol. The molecule has 1 heterocycles. The molecular formula is C18H29N3. The van der Waals surface area contributed by atoms with Crippen LogP contribution in [0.15, 0.2) is 24.3 Å². The molecule has 3 heteroatoms. The summed E-state index contributed by atoms with van der Waals surface area (Å²) < 4.78 is 0. The summed E-state index contributed by atoms with van der Waals surface area (Å²) in [6, 6.07) is 10.2. The van der Waals surface area contributed by atoms with E-state index in [1.54, 1.807) is 0 Å². The van der Waals surface area contributed by atoms with Gasteiger partial charge in [0, 0.05) is 44.8 Å². The van der Waals surface area contributed by atoms with Crippen LogP contribution in [0.2, 0.25) is 0 Å². The lowest BCUT2D eigenvalue weighted by molar-refractivity contribution is 0.0802. The smallest absolute Gasteiger partial charge is 0.0471 e. The molecule has 2 fully saturated rings. The van der Waals surface area contributed by atoms with Gasteiger partial charge >= 0.3 is 0 Å². The summed E-state index contributed by atoms with van der Waals surface area (Å²) in [5.41, 5.74) is 9.05. The SMILES string of the molecule is CC(C)N1CCN(C(CN)c2cccc(C3CC3)c2)CC1. The van der Waals surface area contributed by atoms with Gasteiger partial charge < -0.3 is 5.73 Å². The predicted octanol–water partition coefficient (Wildman–Crippen LogP) is 2.59. The Balaban J connectivity index is 1.69. The highest BCUT2D eigenvalue weighted by Crippen LogP contribution is 2.40. The molecule has 1 aromatic rings. The van der Waals surface area contributed by atoms with Crippen molar-refractivity contribution in [2.24, 2.45) is 5.73 Å². The van der Waals surface area contributed by atoms with Crippen LogP contribution in [-0.4, -0.2) is 48.6 Å². The van der Waals surface area contributed by atoms with Crippen molar-refractivity contribution in [1.29, 1.82) is 0 Å². The summed E-state index contributed by atoms with van der Waals surface area (Å²) >= 11 is 0. The molecule has 1 atom stereocenters. The molecule has 1 aliphatic heterocycles. The van der Waals surface area contributed by atoms with Crippen molar-refractivity contribution in [2.45, 2.75) is 44.7 Å². The van der Waals surface area contributed by atoms with Gasteiger partial charge in [0.25, 0.3) is 0 Å². The van der Waals surface area contributed by atoms with Crippen molar-refractivity contribution in [2.75, 3.05) is 32.7 Å². The van der Waals surface area contributed by atoms with Crippen LogP contribution in [0.25, 0.3) is 0 Å². The Morgan fingerprint density at radius 3 is 2.33 bits per heavy atom. The van der Waals surface area contributed by atoms with Crippen LogP contribution in [-0.2, 0) is 0 Å². The largest absolute Gasteiger partial charge is 0.329 e. The Kier molecular flexibility index (Phi) is 4.63. The second-order valence-corrected chi connectivity index (χ2v) is 6.86. The molecule has 0 radical (unpaired) electrons. The fourth-order valence-electron chi connectivity index (χ4n) is 3.50. The number of hydrogen-bond donors (Lipinski definition) is 1. The van der Waals surface area contributed by atoms with Gasteiger partial charge in [-0.2, -0.15) is 0 Å². The van der Waals surface area contributed by atoms with Crippen molar-refractivity contribution in [3.8, 4) is 0 Å². The second kappa shape index (κ2) is 6.47. The fourth-order valence-corrected chi connectivity index (χ4v) is 3.50. The molecule has 1 aromatic carbocycles. The summed E-state index contributed by atoms with van der Waals surface area (Å²) in [5, 5.41) is 0. The summed E-state index contributed by atoms with van der Waals surface area (Å²) in [7, 11) is 0. The fraction of sp³-hybridized carbons (Fsp3) is 0.667. The highest BCUT2D eigenvalue weighted by molar-refractivity contribution is 5.31. The molecule has 3 rings (SSSR count). The maximum Gasteiger partial charge on any atom is 0.0471 e. The van der Waals surface area contributed by atoms with E-state index in [4.69, 9.17) is 5.73 Å². The molecule has 21 heavy (non-hydrogen) atoms. The zero-order valence-corrected chi connectivity index (χ0v) is 13.5. The molecule has 1 unspecified atom stereocenters. The Labute approximate surface area is 129 Å². The number of nitrogens with zero attached hydrogens (tertiary/aromatic N) is 2. The van der Waals surface area contributed by atoms with E-state index >= 15 is 0 Å². The lowest BCUT2D eigenvalue weighted by Gasteiger charge is -2.40. The minimum atomic E-state index is 0.387. The maximum absolute atomic E-state index is 6.12. The van der Waals surface area contributed by atoms with Gasteiger partial charge in [0.2, 0.25) is 0 Å². The molecule has 0 aromatic heterocycles. The lowest BCUT2D eigenvalue weighted by Crippen LogP contribution is -2.50. The average Bonchev–Trinajstić information content (AvgIpc) is 3.34. The Hall–Kier alpha value is -0.900. The summed E-state index contributed by atoms with van der Waals surface area (Å²) in [5.74, 6) is 0.821. The number of benzene rings is 1. The summed E-state index contributed by atoms with van der Waals surface area (Å²) in [4.78, 5) is 5.13. The minimum absolute atomic E-state index is 0.387. The molecule has 0 bridgehead atoms. The van der Waals surface area contributed by atoms with Crippen molar-refractivity contribution in [3.05, 3.63) is 35.4 Å². The van der Waals surface area contributed by atoms with Gasteiger partial charge in [0.05, 0.1) is 0 Å². The lowest BCUT2D eigenvalue weighted by atomic mass is 10.00. The summed E-state index contributed by atoms with van der Waals surface area (Å²) in [6.45, 7) is 9.88. The molecule has 0 spiro atoms. The molecule has 1 saturated heterocycles. The van der Waals surface area contributed by atoms with Crippen LogP contribution in [0.5, 0.6) is 0 Å². The van der Waals surface area contributed by atoms with Crippen LogP contribution >= 0.6 is 0 Å². The topological polar surface area (TPSA) is 32.5 Å². The van der Waals surface area contributed by atoms with Crippen LogP contribution in [0.4, 0.5) is 0 Å². The number of rotatable bonds is 5. The van der Waals surface area contributed by atoms with Gasteiger partial charge in [-0.1, -0.05) is 24.3 Å². The van der Waals surface area contributed by atoms with Gasteiger partial charge in [-0.05, 0) is 43.7 Å². The molecule has 0 amide bonds. The van der Waals surface area contributed by atoms with Gasteiger partial charge in [-0.25, -0.2) is 0 Å². The van der Waals surface area contributed by atoms with Crippen molar-refractivity contribution >= 4 is 0 Å². The van der Waals surface area contributed by atoms with Crippen LogP contribution in [0.3, 0.4) is 0 Å². The van der Waals surface area contributed by atoms with E-state index in [0.717, 1.165) is 38.6 Å². The highest BCUT2D eigenvalue weighted by atomic mass is 15.3. The van der Waals surface area contributed by atoms with E-state index in [1.807, 2.05) is 0 Å². The highest BCUT2D eigenvalue weighted by Gasteiger charge is 2.27. The molecule has 1 saturated carbocycles. The Morgan fingerprint density at radius 1 is 1.10 bits per heavy atom. The van der Waals surface area contributed by atoms with E-state index in [-0.39, 0.29) is 0 Å². The number of hydrogen-bond acceptors (Lipinski definition) is 3. The molecule has 1 aliphatic carbocycles. The van der Waals surface area contributed by atoms with E-state index < -0.39 is 0 Å². The minimum Gasteiger partial charge on any atom is -0.329 e. The normalized spacial score (nSPS) is 22.7. The Bertz CT molecular complexity index is 459. The molecular weight excluding hydrogens is 258 g/mol. The second-order valence-electron chi connectivity index (χ2n) is 6.86. The molecule has 116 valence electrons. The van der Waals surface area contributed by atoms with E-state index in [9.17, 15) is 0 Å². The van der Waals surface area contributed by atoms with Gasteiger partial charge in [0.15, 0.2) is 0 Å². The third-order valence-corrected chi connectivity index (χ3v) is 5.09. The zero-order chi connectivity index (χ0) is 14.8. The predicted molar refractivity (Wildman–Crippen MR) is 88.5 cm³/mol. The quantitative estimate of drug-likeness (QED) is 0.903. The zero-order valence-electron chi connectivity index (χ0n) is 13.5. The van der Waals surface area contributed by atoms with Gasteiger partial charge in [-0.3, -0.25) is 9.80 Å². The van der Waals surface area contributed by atoms with Gasteiger partial charge in [0.1, 0.15) is 0 Å². The first-order valence-electron chi connectivity index (χ1n) is 8.47. The van der Waals surface area contributed by atoms with Crippen LogP contribution in [0.1, 0.15) is 49.8 Å². The van der Waals surface area contributed by atoms with Gasteiger partial charge in [-0.15, -0.1) is 0 Å². The van der Waals surface area contributed by atoms with E-state index in [0.29, 0.717) is 12.1 Å². The first-order chi connectivity index (χ1) is 10.2. The maximum atomic E-state index is 6.12. The number of nitrogens with two attached hydrogens (primary N) is 1. The first-order valence-corrected chi connectivity index (χ1v) is 8.47. The standard InChI is InChI=1S/C18H29N3/c1-14(2)20-8-10-21(11-9-20)18(13-19)17-5-3-4-16(12-17)15-6-7-15/h3-5,12,14-15,18H,6-11,13,19H2,1-2H3.